The summed E-state index contributed by atoms with van der Waals surface area (Å²) >= 11 is 0. The van der Waals surface area contributed by atoms with E-state index >= 15 is 0 Å². The van der Waals surface area contributed by atoms with Gasteiger partial charge in [0.2, 0.25) is 17.5 Å². The summed E-state index contributed by atoms with van der Waals surface area (Å²) in [4.78, 5) is 0. The van der Waals surface area contributed by atoms with Crippen molar-refractivity contribution < 1.29 is 18.9 Å². The van der Waals surface area contributed by atoms with Crippen molar-refractivity contribution >= 4 is 5.90 Å². The Bertz CT molecular complexity index is 888. The molecule has 2 atom stereocenters. The lowest BCUT2D eigenvalue weighted by atomic mass is 9.78. The Morgan fingerprint density at radius 2 is 1.81 bits per heavy atom. The molecule has 1 aromatic heterocycles. The number of ether oxygens (including phenoxy) is 4. The minimum absolute atomic E-state index is 0.134. The van der Waals surface area contributed by atoms with Gasteiger partial charge in [0, 0.05) is 17.2 Å². The van der Waals surface area contributed by atoms with Crippen LogP contribution in [0, 0.1) is 22.7 Å². The molecule has 0 radical (unpaired) electrons. The van der Waals surface area contributed by atoms with E-state index < -0.39 is 11.8 Å². The first-order valence-electron chi connectivity index (χ1n) is 8.50. The molecule has 2 aromatic rings. The fraction of sp³-hybridized carbons (Fsp3) is 0.421. The number of hydrogen-bond donors (Lipinski definition) is 2. The molecule has 0 fully saturated rings. The van der Waals surface area contributed by atoms with Gasteiger partial charge < -0.3 is 18.9 Å². The molecular weight excluding hydrogens is 348 g/mol. The predicted octanol–water partition coefficient (Wildman–Crippen LogP) is 3.20. The Kier molecular flexibility index (Phi) is 4.95. The first-order chi connectivity index (χ1) is 13.0. The van der Waals surface area contributed by atoms with E-state index in [4.69, 9.17) is 24.4 Å². The summed E-state index contributed by atoms with van der Waals surface area (Å²) in [7, 11) is 4.61. The van der Waals surface area contributed by atoms with E-state index in [2.05, 4.69) is 16.3 Å². The summed E-state index contributed by atoms with van der Waals surface area (Å²) in [6.45, 7) is 4.06. The first-order valence-corrected chi connectivity index (χ1v) is 8.50. The molecule has 1 aliphatic heterocycles. The minimum Gasteiger partial charge on any atom is -0.493 e. The van der Waals surface area contributed by atoms with Crippen LogP contribution in [-0.2, 0) is 0 Å². The average Bonchev–Trinajstić information content (AvgIpc) is 3.09. The Hall–Kier alpha value is -3.21. The highest BCUT2D eigenvalue weighted by Gasteiger charge is 2.41. The van der Waals surface area contributed by atoms with Gasteiger partial charge in [0.25, 0.3) is 0 Å². The Morgan fingerprint density at radius 3 is 2.30 bits per heavy atom. The van der Waals surface area contributed by atoms with Crippen LogP contribution in [0.5, 0.6) is 23.1 Å². The monoisotopic (exact) mass is 370 g/mol. The van der Waals surface area contributed by atoms with Crippen molar-refractivity contribution in [3.05, 3.63) is 29.0 Å². The lowest BCUT2D eigenvalue weighted by Crippen LogP contribution is -2.31. The molecule has 3 rings (SSSR count). The van der Waals surface area contributed by atoms with E-state index in [0.29, 0.717) is 23.1 Å². The minimum atomic E-state index is -0.796. The molecule has 2 unspecified atom stereocenters. The van der Waals surface area contributed by atoms with E-state index in [1.807, 2.05) is 13.8 Å². The van der Waals surface area contributed by atoms with E-state index in [0.717, 1.165) is 16.8 Å². The van der Waals surface area contributed by atoms with Crippen molar-refractivity contribution in [3.8, 4) is 29.2 Å². The zero-order valence-electron chi connectivity index (χ0n) is 15.9. The van der Waals surface area contributed by atoms with E-state index in [1.54, 1.807) is 12.1 Å². The van der Waals surface area contributed by atoms with Gasteiger partial charge in [-0.1, -0.05) is 13.8 Å². The number of hydrogen-bond acceptors (Lipinski definition) is 7. The summed E-state index contributed by atoms with van der Waals surface area (Å²) in [6, 6.07) is 5.80. The van der Waals surface area contributed by atoms with Crippen LogP contribution in [0.1, 0.15) is 42.5 Å². The third kappa shape index (κ3) is 2.95. The van der Waals surface area contributed by atoms with Gasteiger partial charge in [-0.05, 0) is 23.6 Å². The van der Waals surface area contributed by atoms with E-state index in [-0.39, 0.29) is 11.8 Å². The average molecular weight is 370 g/mol. The molecule has 0 spiro atoms. The van der Waals surface area contributed by atoms with Gasteiger partial charge in [0.1, 0.15) is 5.92 Å². The molecule has 8 nitrogen and oxygen atoms in total. The number of benzene rings is 1. The van der Waals surface area contributed by atoms with Crippen molar-refractivity contribution in [2.45, 2.75) is 25.7 Å². The van der Waals surface area contributed by atoms with Crippen molar-refractivity contribution in [2.24, 2.45) is 5.92 Å². The van der Waals surface area contributed by atoms with E-state index in [1.165, 1.54) is 21.3 Å². The second-order valence-corrected chi connectivity index (χ2v) is 6.52. The number of methoxy groups -OCH3 is 3. The fourth-order valence-corrected chi connectivity index (χ4v) is 3.42. The highest BCUT2D eigenvalue weighted by molar-refractivity contribution is 5.85. The van der Waals surface area contributed by atoms with Gasteiger partial charge in [-0.25, -0.2) is 0 Å². The quantitative estimate of drug-likeness (QED) is 0.835. The van der Waals surface area contributed by atoms with Gasteiger partial charge in [0.05, 0.1) is 27.4 Å². The van der Waals surface area contributed by atoms with Gasteiger partial charge in [-0.3, -0.25) is 10.5 Å². The lowest BCUT2D eigenvalue weighted by molar-refractivity contribution is 0.323. The van der Waals surface area contributed by atoms with Gasteiger partial charge in [-0.2, -0.15) is 5.26 Å². The van der Waals surface area contributed by atoms with Gasteiger partial charge in [-0.15, -0.1) is 5.10 Å². The molecule has 0 saturated carbocycles. The number of rotatable bonds is 5. The second kappa shape index (κ2) is 7.19. The van der Waals surface area contributed by atoms with Crippen LogP contribution in [0.3, 0.4) is 0 Å². The molecule has 0 amide bonds. The zero-order chi connectivity index (χ0) is 19.7. The predicted molar refractivity (Wildman–Crippen MR) is 98.1 cm³/mol. The second-order valence-electron chi connectivity index (χ2n) is 6.52. The number of nitriles is 1. The fourth-order valence-electron chi connectivity index (χ4n) is 3.42. The number of aromatic amines is 1. The largest absolute Gasteiger partial charge is 0.493 e. The molecule has 2 N–H and O–H groups in total. The summed E-state index contributed by atoms with van der Waals surface area (Å²) in [5.74, 6) is 0.526. The first kappa shape index (κ1) is 18.6. The molecule has 1 aliphatic rings. The maximum absolute atomic E-state index is 9.75. The third-order valence-electron chi connectivity index (χ3n) is 4.69. The van der Waals surface area contributed by atoms with E-state index in [9.17, 15) is 5.26 Å². The number of nitrogens with zero attached hydrogens (tertiary/aromatic N) is 2. The van der Waals surface area contributed by atoms with Crippen LogP contribution >= 0.6 is 0 Å². The van der Waals surface area contributed by atoms with Crippen LogP contribution in [-0.4, -0.2) is 37.4 Å². The number of nitrogens with one attached hydrogen (secondary N) is 2. The molecule has 27 heavy (non-hydrogen) atoms. The maximum atomic E-state index is 9.75. The maximum Gasteiger partial charge on any atom is 0.243 e. The van der Waals surface area contributed by atoms with Crippen molar-refractivity contribution in [1.29, 1.82) is 10.7 Å². The van der Waals surface area contributed by atoms with Crippen molar-refractivity contribution in [3.63, 3.8) is 0 Å². The highest BCUT2D eigenvalue weighted by Crippen LogP contribution is 2.48. The molecule has 0 saturated heterocycles. The van der Waals surface area contributed by atoms with Crippen LogP contribution in [0.15, 0.2) is 12.1 Å². The van der Waals surface area contributed by atoms with Crippen molar-refractivity contribution in [1.82, 2.24) is 10.2 Å². The summed E-state index contributed by atoms with van der Waals surface area (Å²) < 4.78 is 21.8. The normalized spacial score (nSPS) is 18.5. The zero-order valence-corrected chi connectivity index (χ0v) is 15.9. The molecule has 0 aliphatic carbocycles. The molecule has 0 bridgehead atoms. The van der Waals surface area contributed by atoms with Gasteiger partial charge >= 0.3 is 0 Å². The lowest BCUT2D eigenvalue weighted by Gasteiger charge is -2.29. The molecule has 142 valence electrons. The van der Waals surface area contributed by atoms with Gasteiger partial charge in [0.15, 0.2) is 11.5 Å². The Balaban J connectivity index is 2.27. The number of H-pyrrole nitrogens is 1. The van der Waals surface area contributed by atoms with Crippen LogP contribution in [0.25, 0.3) is 0 Å². The molecule has 2 heterocycles. The smallest absolute Gasteiger partial charge is 0.243 e. The molecular formula is C19H22N4O4. The standard InChI is InChI=1S/C19H22N4O4/c1-9(2)16-15-14(11(8-20)18(21)27-19(15)23-22-16)10-6-12(24-3)17(26-5)13(7-10)25-4/h6-7,9,11,14,21H,1-5H3,(H,22,23). The van der Waals surface area contributed by atoms with Crippen LogP contribution < -0.4 is 18.9 Å². The summed E-state index contributed by atoms with van der Waals surface area (Å²) in [5, 5.41) is 25.1. The SMILES string of the molecule is COc1cc(C2c3c(n[nH]c3C(C)C)OC(=N)C2C#N)cc(OC)c1OC. The number of aromatic nitrogens is 2. The van der Waals surface area contributed by atoms with Crippen LogP contribution in [0.2, 0.25) is 0 Å². The van der Waals surface area contributed by atoms with Crippen LogP contribution in [0.4, 0.5) is 0 Å². The summed E-state index contributed by atoms with van der Waals surface area (Å²) in [5.41, 5.74) is 2.41. The molecule has 8 heteroatoms. The number of fused-ring (bicyclic) bond motifs is 1. The molecule has 1 aromatic carbocycles. The Labute approximate surface area is 157 Å². The highest BCUT2D eigenvalue weighted by atomic mass is 16.5. The topological polar surface area (TPSA) is 113 Å². The van der Waals surface area contributed by atoms with Crippen molar-refractivity contribution in [2.75, 3.05) is 21.3 Å². The third-order valence-corrected chi connectivity index (χ3v) is 4.69. The Morgan fingerprint density at radius 1 is 1.19 bits per heavy atom. The summed E-state index contributed by atoms with van der Waals surface area (Å²) in [6.07, 6.45) is 0.